The second kappa shape index (κ2) is 6.88. The number of carbonyl (C=O) groups excluding carboxylic acids is 2. The number of aliphatic carboxylic acids is 2. The van der Waals surface area contributed by atoms with E-state index in [0.29, 0.717) is 0 Å². The van der Waals surface area contributed by atoms with Crippen LogP contribution in [0.2, 0.25) is 0 Å². The first-order valence-electron chi connectivity index (χ1n) is 7.19. The molecule has 3 unspecified atom stereocenters. The van der Waals surface area contributed by atoms with Crippen molar-refractivity contribution >= 4 is 11.9 Å². The number of aliphatic hydroxyl groups is 1. The Morgan fingerprint density at radius 1 is 1.35 bits per heavy atom. The molecule has 0 spiro atoms. The van der Waals surface area contributed by atoms with Crippen LogP contribution in [0.4, 0.5) is 0 Å². The van der Waals surface area contributed by atoms with Gasteiger partial charge in [-0.15, -0.1) is 0 Å². The van der Waals surface area contributed by atoms with Gasteiger partial charge in [-0.25, -0.2) is 0 Å². The van der Waals surface area contributed by atoms with E-state index in [-0.39, 0.29) is 12.3 Å². The van der Waals surface area contributed by atoms with Gasteiger partial charge in [0.15, 0.2) is 0 Å². The van der Waals surface area contributed by atoms with Crippen LogP contribution in [0.25, 0.3) is 0 Å². The molecule has 1 aliphatic carbocycles. The van der Waals surface area contributed by atoms with Crippen LogP contribution in [0.3, 0.4) is 0 Å². The molecule has 3 atom stereocenters. The van der Waals surface area contributed by atoms with Crippen LogP contribution in [0.1, 0.15) is 46.0 Å². The maximum atomic E-state index is 10.9. The van der Waals surface area contributed by atoms with Crippen molar-refractivity contribution in [3.05, 3.63) is 12.2 Å². The van der Waals surface area contributed by atoms with Crippen LogP contribution in [0.5, 0.6) is 0 Å². The Morgan fingerprint density at radius 2 is 1.95 bits per heavy atom. The van der Waals surface area contributed by atoms with Gasteiger partial charge in [0.25, 0.3) is 0 Å². The topological polar surface area (TPSA) is 100 Å². The van der Waals surface area contributed by atoms with Crippen LogP contribution < -0.4 is 10.2 Å². The summed E-state index contributed by atoms with van der Waals surface area (Å²) in [6.45, 7) is 4.06. The fourth-order valence-electron chi connectivity index (χ4n) is 2.56. The lowest BCUT2D eigenvalue weighted by atomic mass is 9.92. The van der Waals surface area contributed by atoms with E-state index >= 15 is 0 Å². The monoisotopic (exact) mass is 282 g/mol. The Labute approximate surface area is 119 Å². The molecule has 0 saturated heterocycles. The maximum absolute atomic E-state index is 10.9. The zero-order chi connectivity index (χ0) is 15.3. The summed E-state index contributed by atoms with van der Waals surface area (Å²) >= 11 is 0. The molecule has 0 aromatic carbocycles. The van der Waals surface area contributed by atoms with E-state index in [2.05, 4.69) is 6.92 Å². The normalized spacial score (nSPS) is 23.4. The van der Waals surface area contributed by atoms with Crippen molar-refractivity contribution in [3.8, 4) is 0 Å². The van der Waals surface area contributed by atoms with E-state index in [1.54, 1.807) is 0 Å². The van der Waals surface area contributed by atoms with Gasteiger partial charge in [0.1, 0.15) is 0 Å². The Morgan fingerprint density at radius 3 is 2.35 bits per heavy atom. The van der Waals surface area contributed by atoms with Gasteiger partial charge in [0.05, 0.1) is 23.5 Å². The fraction of sp³-hybridized carbons (Fsp3) is 0.733. The molecule has 114 valence electrons. The fourth-order valence-corrected chi connectivity index (χ4v) is 2.56. The molecule has 0 aromatic heterocycles. The third kappa shape index (κ3) is 3.39. The molecule has 1 aliphatic rings. The van der Waals surface area contributed by atoms with Crippen molar-refractivity contribution in [1.29, 1.82) is 0 Å². The van der Waals surface area contributed by atoms with Crippen molar-refractivity contribution in [1.82, 2.24) is 0 Å². The summed E-state index contributed by atoms with van der Waals surface area (Å²) < 4.78 is 0. The number of rotatable bonds is 9. The number of unbranched alkanes of at least 4 members (excludes halogenated alkanes) is 1. The Balaban J connectivity index is 2.60. The number of carboxylic acids is 2. The van der Waals surface area contributed by atoms with Crippen LogP contribution in [-0.4, -0.2) is 23.1 Å². The Hall–Kier alpha value is -1.36. The molecule has 0 heterocycles. The third-order valence-electron chi connectivity index (χ3n) is 4.22. The van der Waals surface area contributed by atoms with E-state index in [1.807, 2.05) is 6.92 Å². The molecular formula is C15H22O5-2. The molecule has 5 nitrogen and oxygen atoms in total. The number of aliphatic hydroxyl groups excluding tert-OH is 1. The van der Waals surface area contributed by atoms with Gasteiger partial charge in [-0.3, -0.25) is 0 Å². The zero-order valence-electron chi connectivity index (χ0n) is 12.0. The molecule has 0 bridgehead atoms. The molecule has 0 amide bonds. The molecule has 1 N–H and O–H groups in total. The highest BCUT2D eigenvalue weighted by Crippen LogP contribution is 2.52. The van der Waals surface area contributed by atoms with Gasteiger partial charge in [0.2, 0.25) is 0 Å². The average Bonchev–Trinajstić information content (AvgIpc) is 3.13. The first kappa shape index (κ1) is 16.7. The predicted octanol–water partition coefficient (Wildman–Crippen LogP) is -0.374. The smallest absolute Gasteiger partial charge is 0.0749 e. The van der Waals surface area contributed by atoms with Crippen molar-refractivity contribution in [3.63, 3.8) is 0 Å². The Kier molecular flexibility index (Phi) is 5.74. The van der Waals surface area contributed by atoms with Crippen LogP contribution in [-0.2, 0) is 9.59 Å². The summed E-state index contributed by atoms with van der Waals surface area (Å²) in [6, 6.07) is 0. The maximum Gasteiger partial charge on any atom is 0.0749 e. The van der Waals surface area contributed by atoms with Gasteiger partial charge in [-0.05, 0) is 24.7 Å². The van der Waals surface area contributed by atoms with Crippen molar-refractivity contribution in [2.24, 2.45) is 17.3 Å². The summed E-state index contributed by atoms with van der Waals surface area (Å²) in [5, 5.41) is 31.8. The molecule has 0 aromatic rings. The molecule has 1 saturated carbocycles. The van der Waals surface area contributed by atoms with E-state index in [0.717, 1.165) is 25.7 Å². The molecule has 0 aliphatic heterocycles. The number of hydrogen-bond donors (Lipinski definition) is 1. The lowest BCUT2D eigenvalue weighted by Gasteiger charge is -2.20. The highest BCUT2D eigenvalue weighted by atomic mass is 16.4. The molecule has 1 fully saturated rings. The lowest BCUT2D eigenvalue weighted by molar-refractivity contribution is -0.335. The van der Waals surface area contributed by atoms with Gasteiger partial charge in [-0.2, -0.15) is 0 Å². The minimum atomic E-state index is -1.90. The number of hydrogen-bond acceptors (Lipinski definition) is 5. The second-order valence-electron chi connectivity index (χ2n) is 5.54. The predicted molar refractivity (Wildman–Crippen MR) is 69.0 cm³/mol. The number of allylic oxidation sites excluding steroid dienone is 1. The zero-order valence-corrected chi connectivity index (χ0v) is 12.0. The average molecular weight is 282 g/mol. The summed E-state index contributed by atoms with van der Waals surface area (Å²) in [5.74, 6) is -3.75. The standard InChI is InChI=1S/C15H24O5/c1-3-5-6-10(4-2)12(16)8-7-11-9-15(11,13(17)18)14(19)20/h7-8,10-12,16H,3-6,9H2,1-2H3,(H,17,18)(H,19,20)/p-2/b8-7+. The quantitative estimate of drug-likeness (QED) is 0.459. The van der Waals surface area contributed by atoms with Crippen molar-refractivity contribution in [2.45, 2.75) is 52.1 Å². The van der Waals surface area contributed by atoms with Crippen molar-refractivity contribution in [2.75, 3.05) is 0 Å². The Bertz CT molecular complexity index is 374. The first-order valence-corrected chi connectivity index (χ1v) is 7.19. The van der Waals surface area contributed by atoms with Gasteiger partial charge in [0, 0.05) is 0 Å². The molecule has 1 rings (SSSR count). The molecular weight excluding hydrogens is 260 g/mol. The molecule has 0 radical (unpaired) electrons. The largest absolute Gasteiger partial charge is 0.549 e. The van der Waals surface area contributed by atoms with Crippen LogP contribution >= 0.6 is 0 Å². The van der Waals surface area contributed by atoms with E-state index in [4.69, 9.17) is 0 Å². The van der Waals surface area contributed by atoms with E-state index in [9.17, 15) is 24.9 Å². The van der Waals surface area contributed by atoms with Gasteiger partial charge in [-0.1, -0.05) is 45.3 Å². The number of carbonyl (C=O) groups is 2. The van der Waals surface area contributed by atoms with Gasteiger partial charge >= 0.3 is 0 Å². The summed E-state index contributed by atoms with van der Waals surface area (Å²) in [4.78, 5) is 21.8. The number of carboxylic acid groups (broad SMARTS) is 2. The third-order valence-corrected chi connectivity index (χ3v) is 4.22. The minimum absolute atomic E-state index is 0.0212. The highest BCUT2D eigenvalue weighted by Gasteiger charge is 2.55. The van der Waals surface area contributed by atoms with E-state index in [1.165, 1.54) is 12.2 Å². The summed E-state index contributed by atoms with van der Waals surface area (Å²) in [6.07, 6.45) is 6.09. The summed E-state index contributed by atoms with van der Waals surface area (Å²) in [7, 11) is 0. The minimum Gasteiger partial charge on any atom is -0.549 e. The lowest BCUT2D eigenvalue weighted by Crippen LogP contribution is -2.46. The second-order valence-corrected chi connectivity index (χ2v) is 5.54. The SMILES string of the molecule is CCCCC(CC)C(O)/C=C/C1CC1(C(=O)[O-])C(=O)[O-]. The van der Waals surface area contributed by atoms with E-state index < -0.39 is 29.4 Å². The van der Waals surface area contributed by atoms with Gasteiger partial charge < -0.3 is 24.9 Å². The van der Waals surface area contributed by atoms with Crippen molar-refractivity contribution < 1.29 is 24.9 Å². The summed E-state index contributed by atoms with van der Waals surface area (Å²) in [5.41, 5.74) is -1.90. The highest BCUT2D eigenvalue weighted by molar-refractivity contribution is 6.00. The van der Waals surface area contributed by atoms with Crippen LogP contribution in [0.15, 0.2) is 12.2 Å². The van der Waals surface area contributed by atoms with Crippen LogP contribution in [0, 0.1) is 17.3 Å². The first-order chi connectivity index (χ1) is 9.40. The molecule has 5 heteroatoms. The molecule has 20 heavy (non-hydrogen) atoms.